The van der Waals surface area contributed by atoms with Gasteiger partial charge in [-0.1, -0.05) is 43.6 Å². The first-order valence-electron chi connectivity index (χ1n) is 12.0. The van der Waals surface area contributed by atoms with Crippen molar-refractivity contribution in [1.29, 1.82) is 0 Å². The van der Waals surface area contributed by atoms with Gasteiger partial charge in [0.15, 0.2) is 0 Å². The van der Waals surface area contributed by atoms with E-state index in [1.165, 1.54) is 21.3 Å². The number of anilines is 1. The molecule has 2 aromatic rings. The summed E-state index contributed by atoms with van der Waals surface area (Å²) in [5, 5.41) is 3.30. The Morgan fingerprint density at radius 1 is 1.11 bits per heavy atom. The van der Waals surface area contributed by atoms with Crippen molar-refractivity contribution in [3.63, 3.8) is 0 Å². The van der Waals surface area contributed by atoms with Crippen LogP contribution in [0.25, 0.3) is 0 Å². The first kappa shape index (κ1) is 29.6. The molecule has 0 radical (unpaired) electrons. The van der Waals surface area contributed by atoms with E-state index < -0.39 is 16.1 Å². The zero-order chi connectivity index (χ0) is 26.9. The van der Waals surface area contributed by atoms with Crippen LogP contribution in [-0.2, 0) is 26.2 Å². The van der Waals surface area contributed by atoms with Gasteiger partial charge >= 0.3 is 0 Å². The second-order valence-electron chi connectivity index (χ2n) is 8.69. The lowest BCUT2D eigenvalue weighted by Crippen LogP contribution is -2.49. The maximum atomic E-state index is 13.4. The predicted octanol–water partition coefficient (Wildman–Crippen LogP) is 4.67. The topological polar surface area (TPSA) is 86.8 Å². The van der Waals surface area contributed by atoms with Crippen molar-refractivity contribution < 1.29 is 22.4 Å². The van der Waals surface area contributed by atoms with Crippen LogP contribution in [0.15, 0.2) is 42.5 Å². The molecule has 0 aliphatic heterocycles. The molecule has 2 aromatic carbocycles. The van der Waals surface area contributed by atoms with Crippen LogP contribution < -0.4 is 9.62 Å². The molecular formula is C26H35ClFN3O4S. The van der Waals surface area contributed by atoms with Crippen molar-refractivity contribution in [2.24, 2.45) is 0 Å². The van der Waals surface area contributed by atoms with Crippen LogP contribution in [0.3, 0.4) is 0 Å². The van der Waals surface area contributed by atoms with Gasteiger partial charge in [-0.25, -0.2) is 12.8 Å². The minimum absolute atomic E-state index is 0.0321. The first-order chi connectivity index (χ1) is 17.0. The van der Waals surface area contributed by atoms with Crippen molar-refractivity contribution in [3.8, 4) is 0 Å². The Morgan fingerprint density at radius 2 is 1.78 bits per heavy atom. The van der Waals surface area contributed by atoms with Crippen LogP contribution >= 0.6 is 11.6 Å². The quantitative estimate of drug-likeness (QED) is 0.401. The molecule has 0 fully saturated rings. The SMILES string of the molecule is CCCNC(=O)[C@H](CC)N(Cc1ccc(F)cc1)C(=O)CCCN(c1cccc(Cl)c1C)S(C)(=O)=O. The molecule has 1 N–H and O–H groups in total. The van der Waals surface area contributed by atoms with E-state index in [0.717, 1.165) is 12.7 Å². The highest BCUT2D eigenvalue weighted by Crippen LogP contribution is 2.28. The standard InChI is InChI=1S/C26H35ClFN3O4S/c1-5-16-29-26(33)23(6-2)30(18-20-12-14-21(28)15-13-20)25(32)11-8-17-31(36(4,34)35)24-10-7-9-22(27)19(24)3/h7,9-10,12-15,23H,5-6,8,11,16-18H2,1-4H3,(H,29,33)/t23-/m0/s1. The second-order valence-corrected chi connectivity index (χ2v) is 11.0. The van der Waals surface area contributed by atoms with Gasteiger partial charge < -0.3 is 10.2 Å². The van der Waals surface area contributed by atoms with E-state index in [4.69, 9.17) is 11.6 Å². The van der Waals surface area contributed by atoms with Crippen LogP contribution in [0.2, 0.25) is 5.02 Å². The van der Waals surface area contributed by atoms with Gasteiger partial charge in [-0.15, -0.1) is 0 Å². The Balaban J connectivity index is 2.23. The third kappa shape index (κ3) is 8.20. The number of sulfonamides is 1. The summed E-state index contributed by atoms with van der Waals surface area (Å²) in [5.74, 6) is -0.919. The zero-order valence-corrected chi connectivity index (χ0v) is 22.8. The number of carbonyl (C=O) groups is 2. The molecule has 2 amide bonds. The lowest BCUT2D eigenvalue weighted by atomic mass is 10.1. The Kier molecular flexibility index (Phi) is 11.2. The van der Waals surface area contributed by atoms with Gasteiger partial charge in [-0.2, -0.15) is 0 Å². The number of nitrogens with zero attached hydrogens (tertiary/aromatic N) is 2. The Morgan fingerprint density at radius 3 is 2.36 bits per heavy atom. The average molecular weight is 540 g/mol. The zero-order valence-electron chi connectivity index (χ0n) is 21.3. The summed E-state index contributed by atoms with van der Waals surface area (Å²) in [6.45, 7) is 6.23. The third-order valence-corrected chi connectivity index (χ3v) is 7.45. The molecule has 1 atom stereocenters. The predicted molar refractivity (Wildman–Crippen MR) is 142 cm³/mol. The van der Waals surface area contributed by atoms with Gasteiger partial charge in [0.25, 0.3) is 0 Å². The number of rotatable bonds is 13. The minimum atomic E-state index is -3.62. The fourth-order valence-corrected chi connectivity index (χ4v) is 5.11. The summed E-state index contributed by atoms with van der Waals surface area (Å²) in [4.78, 5) is 27.7. The first-order valence-corrected chi connectivity index (χ1v) is 14.3. The highest BCUT2D eigenvalue weighted by molar-refractivity contribution is 7.92. The molecule has 0 saturated heterocycles. The van der Waals surface area contributed by atoms with E-state index in [1.807, 2.05) is 13.8 Å². The van der Waals surface area contributed by atoms with E-state index >= 15 is 0 Å². The number of hydrogen-bond acceptors (Lipinski definition) is 4. The third-order valence-electron chi connectivity index (χ3n) is 5.86. The minimum Gasteiger partial charge on any atom is -0.354 e. The van der Waals surface area contributed by atoms with Crippen LogP contribution in [0.4, 0.5) is 10.1 Å². The summed E-state index contributed by atoms with van der Waals surface area (Å²) in [6.07, 6.45) is 2.55. The van der Waals surface area contributed by atoms with E-state index in [0.29, 0.717) is 34.8 Å². The molecule has 0 aliphatic rings. The lowest BCUT2D eigenvalue weighted by molar-refractivity contribution is -0.141. The van der Waals surface area contributed by atoms with Crippen molar-refractivity contribution >= 4 is 39.1 Å². The fourth-order valence-electron chi connectivity index (χ4n) is 3.92. The molecule has 10 heteroatoms. The summed E-state index contributed by atoms with van der Waals surface area (Å²) >= 11 is 6.19. The van der Waals surface area contributed by atoms with Crippen molar-refractivity contribution in [3.05, 3.63) is 64.4 Å². The highest BCUT2D eigenvalue weighted by atomic mass is 35.5. The summed E-state index contributed by atoms with van der Waals surface area (Å²) < 4.78 is 39.7. The van der Waals surface area contributed by atoms with Gasteiger partial charge in [0.1, 0.15) is 11.9 Å². The number of carbonyl (C=O) groups excluding carboxylic acids is 2. The molecule has 0 aromatic heterocycles. The molecule has 0 bridgehead atoms. The van der Waals surface area contributed by atoms with Gasteiger partial charge in [-0.05, 0) is 61.6 Å². The van der Waals surface area contributed by atoms with Crippen LogP contribution in [0, 0.1) is 12.7 Å². The van der Waals surface area contributed by atoms with E-state index in [-0.39, 0.29) is 43.6 Å². The van der Waals surface area contributed by atoms with Gasteiger partial charge in [0.05, 0.1) is 11.9 Å². The molecule has 2 rings (SSSR count). The van der Waals surface area contributed by atoms with Gasteiger partial charge in [0, 0.05) is 31.1 Å². The maximum absolute atomic E-state index is 13.4. The lowest BCUT2D eigenvalue weighted by Gasteiger charge is -2.31. The van der Waals surface area contributed by atoms with Crippen molar-refractivity contribution in [1.82, 2.24) is 10.2 Å². The van der Waals surface area contributed by atoms with Crippen molar-refractivity contribution in [2.45, 2.75) is 59.0 Å². The largest absolute Gasteiger partial charge is 0.354 e. The van der Waals surface area contributed by atoms with Gasteiger partial charge in [-0.3, -0.25) is 13.9 Å². The van der Waals surface area contributed by atoms with Crippen LogP contribution in [0.5, 0.6) is 0 Å². The number of halogens is 2. The van der Waals surface area contributed by atoms with Crippen LogP contribution in [0.1, 0.15) is 50.7 Å². The summed E-state index contributed by atoms with van der Waals surface area (Å²) in [7, 11) is -3.62. The summed E-state index contributed by atoms with van der Waals surface area (Å²) in [5.41, 5.74) is 1.79. The average Bonchev–Trinajstić information content (AvgIpc) is 2.82. The van der Waals surface area contributed by atoms with Crippen molar-refractivity contribution in [2.75, 3.05) is 23.7 Å². The van der Waals surface area contributed by atoms with E-state index in [1.54, 1.807) is 37.3 Å². The number of nitrogens with one attached hydrogen (secondary N) is 1. The molecule has 0 unspecified atom stereocenters. The van der Waals surface area contributed by atoms with Crippen LogP contribution in [-0.4, -0.2) is 50.5 Å². The molecule has 198 valence electrons. The molecule has 0 heterocycles. The highest BCUT2D eigenvalue weighted by Gasteiger charge is 2.29. The number of benzene rings is 2. The summed E-state index contributed by atoms with van der Waals surface area (Å²) in [6, 6.07) is 10.1. The molecule has 0 aliphatic carbocycles. The van der Waals surface area contributed by atoms with E-state index in [9.17, 15) is 22.4 Å². The number of amides is 2. The van der Waals surface area contributed by atoms with Gasteiger partial charge in [0.2, 0.25) is 21.8 Å². The second kappa shape index (κ2) is 13.6. The number of hydrogen-bond donors (Lipinski definition) is 1. The molecule has 36 heavy (non-hydrogen) atoms. The smallest absolute Gasteiger partial charge is 0.242 e. The Labute approximate surface area is 218 Å². The molecule has 0 spiro atoms. The Hall–Kier alpha value is -2.65. The normalized spacial score (nSPS) is 12.2. The maximum Gasteiger partial charge on any atom is 0.242 e. The van der Waals surface area contributed by atoms with E-state index in [2.05, 4.69) is 5.32 Å². The molecule has 0 saturated carbocycles. The molecular weight excluding hydrogens is 505 g/mol. The Bertz CT molecular complexity index is 1140. The molecule has 7 nitrogen and oxygen atoms in total. The monoisotopic (exact) mass is 539 g/mol. The fraction of sp³-hybridized carbons (Fsp3) is 0.462.